The Bertz CT molecular complexity index is 1990. The molecule has 1 spiro atoms. The van der Waals surface area contributed by atoms with Crippen molar-refractivity contribution in [2.75, 3.05) is 41.4 Å². The monoisotopic (exact) mass is 727 g/mol. The van der Waals surface area contributed by atoms with E-state index in [4.69, 9.17) is 4.74 Å². The number of halogens is 4. The van der Waals surface area contributed by atoms with Crippen LogP contribution in [0.3, 0.4) is 0 Å². The average Bonchev–Trinajstić information content (AvgIpc) is 3.32. The van der Waals surface area contributed by atoms with Crippen molar-refractivity contribution in [3.63, 3.8) is 0 Å². The van der Waals surface area contributed by atoms with Gasteiger partial charge in [0, 0.05) is 43.9 Å². The minimum Gasteiger partial charge on any atom is -0.484 e. The van der Waals surface area contributed by atoms with E-state index in [-0.39, 0.29) is 31.2 Å². The number of piperidine rings is 1. The Labute approximate surface area is 295 Å². The van der Waals surface area contributed by atoms with Gasteiger partial charge in [-0.2, -0.15) is 0 Å². The first-order valence-corrected chi connectivity index (χ1v) is 18.9. The van der Waals surface area contributed by atoms with Crippen molar-refractivity contribution in [1.29, 1.82) is 0 Å². The van der Waals surface area contributed by atoms with Crippen LogP contribution in [0.15, 0.2) is 61.2 Å². The van der Waals surface area contributed by atoms with Crippen molar-refractivity contribution in [1.82, 2.24) is 5.32 Å². The second-order valence-corrected chi connectivity index (χ2v) is 16.9. The van der Waals surface area contributed by atoms with E-state index in [9.17, 15) is 31.2 Å². The van der Waals surface area contributed by atoms with Gasteiger partial charge in [-0.3, -0.25) is 9.59 Å². The molecule has 51 heavy (non-hydrogen) atoms. The molecular weight excluding hydrogens is 686 g/mol. The molecule has 2 aliphatic heterocycles. The summed E-state index contributed by atoms with van der Waals surface area (Å²) < 4.78 is 88.4. The summed E-state index contributed by atoms with van der Waals surface area (Å²) in [6, 6.07) is 9.90. The molecule has 0 bridgehead atoms. The van der Waals surface area contributed by atoms with Crippen LogP contribution in [-0.2, 0) is 31.3 Å². The lowest BCUT2D eigenvalue weighted by atomic mass is 9.73. The first-order valence-electron chi connectivity index (χ1n) is 16.9. The number of nitrogens with one attached hydrogen (secondary N) is 1. The van der Waals surface area contributed by atoms with Gasteiger partial charge in [0.15, 0.2) is 11.6 Å². The number of carbonyl (C=O) groups excluding carboxylic acids is 2. The van der Waals surface area contributed by atoms with Gasteiger partial charge in [-0.25, -0.2) is 26.0 Å². The fourth-order valence-electron chi connectivity index (χ4n) is 8.02. The van der Waals surface area contributed by atoms with Gasteiger partial charge >= 0.3 is 0 Å². The summed E-state index contributed by atoms with van der Waals surface area (Å²) in [5.41, 5.74) is 1.45. The molecule has 1 saturated heterocycles. The number of amides is 2. The fraction of sp³-hybridized carbons (Fsp3) is 0.421. The number of rotatable bonds is 9. The molecule has 272 valence electrons. The van der Waals surface area contributed by atoms with Crippen molar-refractivity contribution in [2.24, 2.45) is 0 Å². The van der Waals surface area contributed by atoms with Crippen LogP contribution in [0.5, 0.6) is 5.75 Å². The van der Waals surface area contributed by atoms with Crippen LogP contribution in [0.2, 0.25) is 0 Å². The zero-order chi connectivity index (χ0) is 36.9. The Balaban J connectivity index is 1.19. The van der Waals surface area contributed by atoms with Crippen LogP contribution >= 0.6 is 0 Å². The number of carbonyl (C=O) groups is 2. The molecule has 2 atom stereocenters. The topological polar surface area (TPSA) is 96.0 Å². The summed E-state index contributed by atoms with van der Waals surface area (Å²) >= 11 is 0. The van der Waals surface area contributed by atoms with E-state index >= 15 is 4.39 Å². The summed E-state index contributed by atoms with van der Waals surface area (Å²) in [4.78, 5) is 29.4. The highest BCUT2D eigenvalue weighted by atomic mass is 32.2. The predicted molar refractivity (Wildman–Crippen MR) is 187 cm³/mol. The molecule has 8 nitrogen and oxygen atoms in total. The zero-order valence-corrected chi connectivity index (χ0v) is 29.6. The molecule has 3 aromatic rings. The molecule has 13 heteroatoms. The Morgan fingerprint density at radius 3 is 2.39 bits per heavy atom. The Morgan fingerprint density at radius 1 is 1.00 bits per heavy atom. The lowest BCUT2D eigenvalue weighted by Crippen LogP contribution is -2.49. The van der Waals surface area contributed by atoms with Gasteiger partial charge in [0.2, 0.25) is 5.91 Å². The van der Waals surface area contributed by atoms with Crippen molar-refractivity contribution >= 4 is 33.0 Å². The average molecular weight is 728 g/mol. The summed E-state index contributed by atoms with van der Waals surface area (Å²) in [5.74, 6) is -4.08. The highest BCUT2D eigenvalue weighted by molar-refractivity contribution is 7.90. The molecule has 0 unspecified atom stereocenters. The maximum Gasteiger partial charge on any atom is 0.250 e. The number of hydrogen-bond acceptors (Lipinski definition) is 6. The normalized spacial score (nSPS) is 19.5. The standard InChI is InChI=1S/C38H41F4N3O5S/c1-5-36(47)45-22-37(2,3)50-34-19-32(31(42)18-33(34)45)44-12-10-38(11-13-44)20-24(27-8-7-25(39)17-28(27)38)16-35(46)43-26(21-51(4,48)49)14-23-6-9-29(40)30(41)15-23/h5-9,15,17-19,24,26H,1,10-14,16,20-22H2,2-4H3,(H,43,46)/t24-,26-/m1/s1. The van der Waals surface area contributed by atoms with Crippen molar-refractivity contribution in [2.45, 2.75) is 68.9 Å². The molecule has 2 heterocycles. The maximum atomic E-state index is 15.7. The second kappa shape index (κ2) is 13.6. The summed E-state index contributed by atoms with van der Waals surface area (Å²) in [6.45, 7) is 8.37. The van der Waals surface area contributed by atoms with Crippen LogP contribution in [0.4, 0.5) is 28.9 Å². The fourth-order valence-corrected chi connectivity index (χ4v) is 8.95. The SMILES string of the molecule is C=CC(=O)N1CC(C)(C)Oc2cc(N3CCC4(CC3)C[C@@H](CC(=O)N[C@H](Cc3ccc(F)c(F)c3)CS(C)(=O)=O)c3ccc(F)cc34)c(F)cc21. The highest BCUT2D eigenvalue weighted by Crippen LogP contribution is 2.53. The lowest BCUT2D eigenvalue weighted by Gasteiger charge is -2.43. The van der Waals surface area contributed by atoms with Crippen molar-refractivity contribution < 1.29 is 40.3 Å². The molecule has 6 rings (SSSR count). The zero-order valence-electron chi connectivity index (χ0n) is 28.8. The van der Waals surface area contributed by atoms with Gasteiger partial charge in [0.05, 0.1) is 23.7 Å². The predicted octanol–water partition coefficient (Wildman–Crippen LogP) is 6.12. The van der Waals surface area contributed by atoms with Gasteiger partial charge in [-0.05, 0) is 97.9 Å². The molecule has 2 amide bonds. The quantitative estimate of drug-likeness (QED) is 0.211. The van der Waals surface area contributed by atoms with Gasteiger partial charge < -0.3 is 19.9 Å². The molecule has 1 N–H and O–H groups in total. The van der Waals surface area contributed by atoms with E-state index in [2.05, 4.69) is 11.9 Å². The number of sulfone groups is 1. The maximum absolute atomic E-state index is 15.7. The number of hydrogen-bond donors (Lipinski definition) is 1. The molecule has 1 aliphatic carbocycles. The van der Waals surface area contributed by atoms with Gasteiger partial charge in [-0.15, -0.1) is 0 Å². The summed E-state index contributed by atoms with van der Waals surface area (Å²) in [6.07, 6.45) is 3.86. The minimum atomic E-state index is -3.55. The third-order valence-corrected chi connectivity index (χ3v) is 11.2. The van der Waals surface area contributed by atoms with Crippen molar-refractivity contribution in [3.05, 3.63) is 101 Å². The number of benzene rings is 3. The number of anilines is 2. The van der Waals surface area contributed by atoms with Crippen LogP contribution < -0.4 is 19.9 Å². The molecule has 0 saturated carbocycles. The largest absolute Gasteiger partial charge is 0.484 e. The molecular formula is C38H41F4N3O5S. The summed E-state index contributed by atoms with van der Waals surface area (Å²) in [5, 5.41) is 2.80. The molecule has 1 fully saturated rings. The summed E-state index contributed by atoms with van der Waals surface area (Å²) in [7, 11) is -3.55. The minimum absolute atomic E-state index is 0.00857. The van der Waals surface area contributed by atoms with Crippen LogP contribution in [0.1, 0.15) is 62.1 Å². The van der Waals surface area contributed by atoms with Crippen LogP contribution in [-0.4, -0.2) is 63.5 Å². The third kappa shape index (κ3) is 7.78. The van der Waals surface area contributed by atoms with E-state index in [0.717, 1.165) is 29.5 Å². The number of fused-ring (bicyclic) bond motifs is 3. The molecule has 0 radical (unpaired) electrons. The Kier molecular flexibility index (Phi) is 9.73. The smallest absolute Gasteiger partial charge is 0.250 e. The Hall–Kier alpha value is -4.39. The first kappa shape index (κ1) is 36.4. The molecule has 3 aromatic carbocycles. The number of nitrogens with zero attached hydrogens (tertiary/aromatic N) is 2. The van der Waals surface area contributed by atoms with E-state index in [1.165, 1.54) is 35.2 Å². The van der Waals surface area contributed by atoms with Gasteiger partial charge in [0.25, 0.3) is 5.91 Å². The van der Waals surface area contributed by atoms with Crippen molar-refractivity contribution in [3.8, 4) is 5.75 Å². The second-order valence-electron chi connectivity index (χ2n) is 14.7. The van der Waals surface area contributed by atoms with E-state index in [0.29, 0.717) is 55.0 Å². The lowest BCUT2D eigenvalue weighted by molar-refractivity contribution is -0.122. The Morgan fingerprint density at radius 2 is 1.73 bits per heavy atom. The first-order chi connectivity index (χ1) is 24.0. The van der Waals surface area contributed by atoms with E-state index in [1.807, 2.05) is 18.7 Å². The number of ether oxygens (including phenoxy) is 1. The highest BCUT2D eigenvalue weighted by Gasteiger charge is 2.47. The van der Waals surface area contributed by atoms with E-state index < -0.39 is 61.8 Å². The van der Waals surface area contributed by atoms with Gasteiger partial charge in [-0.1, -0.05) is 18.7 Å². The van der Waals surface area contributed by atoms with Crippen LogP contribution in [0.25, 0.3) is 0 Å². The van der Waals surface area contributed by atoms with Crippen LogP contribution in [0, 0.1) is 23.3 Å². The molecule has 0 aromatic heterocycles. The third-order valence-electron chi connectivity index (χ3n) is 10.2. The molecule has 3 aliphatic rings. The van der Waals surface area contributed by atoms with Gasteiger partial charge in [0.1, 0.15) is 32.8 Å². The van der Waals surface area contributed by atoms with E-state index in [1.54, 1.807) is 12.1 Å².